The minimum atomic E-state index is 0. The van der Waals surface area contributed by atoms with E-state index in [2.05, 4.69) is 4.98 Å². The lowest BCUT2D eigenvalue weighted by molar-refractivity contribution is -0.118. The van der Waals surface area contributed by atoms with Gasteiger partial charge in [0.15, 0.2) is 5.13 Å². The molecule has 16 heavy (non-hydrogen) atoms. The number of rotatable bonds is 5. The number of nitrogens with zero attached hydrogens (tertiary/aromatic N) is 2. The van der Waals surface area contributed by atoms with Crippen LogP contribution in [0.5, 0.6) is 0 Å². The molecule has 0 aliphatic heterocycles. The number of anilines is 1. The molecule has 0 fully saturated rings. The first-order valence-corrected chi connectivity index (χ1v) is 5.99. The molecule has 0 aliphatic rings. The molecule has 0 bridgehead atoms. The molecule has 0 radical (unpaired) electrons. The fraction of sp³-hybridized carbons (Fsp3) is 0.600. The molecule has 0 saturated carbocycles. The van der Waals surface area contributed by atoms with Crippen molar-refractivity contribution in [3.8, 4) is 0 Å². The summed E-state index contributed by atoms with van der Waals surface area (Å²) in [5, 5.41) is 2.74. The SMILES string of the molecule is CCN(C(=O)CCCN)c1nc(C)cs1.Cl. The molecule has 6 heteroatoms. The standard InChI is InChI=1S/C10H17N3OS.ClH/c1-3-13(9(14)5-4-6-11)10-12-8(2)7-15-10;/h7H,3-6,11H2,1-2H3;1H. The summed E-state index contributed by atoms with van der Waals surface area (Å²) in [6.45, 7) is 5.10. The Bertz CT molecular complexity index is 330. The van der Waals surface area contributed by atoms with E-state index in [0.29, 0.717) is 19.5 Å². The molecule has 1 aromatic rings. The fourth-order valence-corrected chi connectivity index (χ4v) is 2.16. The summed E-state index contributed by atoms with van der Waals surface area (Å²) in [5.74, 6) is 0.109. The lowest BCUT2D eigenvalue weighted by Crippen LogP contribution is -2.30. The van der Waals surface area contributed by atoms with Gasteiger partial charge in [0.05, 0.1) is 5.69 Å². The monoisotopic (exact) mass is 263 g/mol. The van der Waals surface area contributed by atoms with Gasteiger partial charge in [-0.15, -0.1) is 23.7 Å². The van der Waals surface area contributed by atoms with Crippen molar-refractivity contribution in [3.63, 3.8) is 0 Å². The molecule has 0 atom stereocenters. The normalized spacial score (nSPS) is 9.69. The maximum Gasteiger partial charge on any atom is 0.228 e. The highest BCUT2D eigenvalue weighted by molar-refractivity contribution is 7.14. The smallest absolute Gasteiger partial charge is 0.228 e. The van der Waals surface area contributed by atoms with E-state index < -0.39 is 0 Å². The second-order valence-corrected chi connectivity index (χ2v) is 4.14. The van der Waals surface area contributed by atoms with Gasteiger partial charge in [0.25, 0.3) is 0 Å². The van der Waals surface area contributed by atoms with Crippen molar-refractivity contribution in [2.24, 2.45) is 5.73 Å². The van der Waals surface area contributed by atoms with E-state index in [1.807, 2.05) is 19.2 Å². The highest BCUT2D eigenvalue weighted by Gasteiger charge is 2.15. The molecule has 1 rings (SSSR count). The predicted molar refractivity (Wildman–Crippen MR) is 70.4 cm³/mol. The maximum absolute atomic E-state index is 11.8. The molecular formula is C10H18ClN3OS. The Morgan fingerprint density at radius 1 is 1.62 bits per heavy atom. The van der Waals surface area contributed by atoms with Crippen LogP contribution in [-0.4, -0.2) is 24.0 Å². The minimum absolute atomic E-state index is 0. The molecule has 0 saturated heterocycles. The van der Waals surface area contributed by atoms with Gasteiger partial charge in [-0.25, -0.2) is 4.98 Å². The Labute approximate surface area is 106 Å². The Kier molecular flexibility index (Phi) is 7.29. The predicted octanol–water partition coefficient (Wildman–Crippen LogP) is 1.97. The number of aromatic nitrogens is 1. The topological polar surface area (TPSA) is 59.2 Å². The molecule has 0 unspecified atom stereocenters. The number of aryl methyl sites for hydroxylation is 1. The number of hydrogen-bond acceptors (Lipinski definition) is 4. The third-order valence-corrected chi connectivity index (χ3v) is 3.03. The van der Waals surface area contributed by atoms with Crippen LogP contribution in [-0.2, 0) is 4.79 Å². The molecule has 1 heterocycles. The van der Waals surface area contributed by atoms with E-state index in [0.717, 1.165) is 17.2 Å². The third kappa shape index (κ3) is 4.08. The van der Waals surface area contributed by atoms with Gasteiger partial charge < -0.3 is 5.73 Å². The highest BCUT2D eigenvalue weighted by Crippen LogP contribution is 2.20. The van der Waals surface area contributed by atoms with Crippen molar-refractivity contribution in [1.29, 1.82) is 0 Å². The lowest BCUT2D eigenvalue weighted by Gasteiger charge is -2.17. The lowest BCUT2D eigenvalue weighted by atomic mass is 10.3. The van der Waals surface area contributed by atoms with Crippen molar-refractivity contribution < 1.29 is 4.79 Å². The first-order valence-electron chi connectivity index (χ1n) is 5.11. The van der Waals surface area contributed by atoms with Gasteiger partial charge in [-0.2, -0.15) is 0 Å². The van der Waals surface area contributed by atoms with Crippen LogP contribution in [0.25, 0.3) is 0 Å². The van der Waals surface area contributed by atoms with Crippen LogP contribution in [0.3, 0.4) is 0 Å². The Balaban J connectivity index is 0.00000225. The van der Waals surface area contributed by atoms with Crippen LogP contribution < -0.4 is 10.6 Å². The zero-order valence-electron chi connectivity index (χ0n) is 9.60. The Morgan fingerprint density at radius 2 is 2.31 bits per heavy atom. The van der Waals surface area contributed by atoms with E-state index in [9.17, 15) is 4.79 Å². The number of carbonyl (C=O) groups is 1. The highest BCUT2D eigenvalue weighted by atomic mass is 35.5. The summed E-state index contributed by atoms with van der Waals surface area (Å²) in [7, 11) is 0. The molecule has 1 aromatic heterocycles. The van der Waals surface area contributed by atoms with E-state index in [-0.39, 0.29) is 18.3 Å². The number of hydrogen-bond donors (Lipinski definition) is 1. The zero-order chi connectivity index (χ0) is 11.3. The van der Waals surface area contributed by atoms with E-state index in [1.165, 1.54) is 11.3 Å². The molecule has 4 nitrogen and oxygen atoms in total. The van der Waals surface area contributed by atoms with Crippen molar-refractivity contribution in [1.82, 2.24) is 4.98 Å². The second kappa shape index (κ2) is 7.60. The molecule has 92 valence electrons. The van der Waals surface area contributed by atoms with Crippen molar-refractivity contribution in [3.05, 3.63) is 11.1 Å². The van der Waals surface area contributed by atoms with E-state index in [1.54, 1.807) is 4.90 Å². The van der Waals surface area contributed by atoms with E-state index in [4.69, 9.17) is 5.73 Å². The summed E-state index contributed by atoms with van der Waals surface area (Å²) in [6, 6.07) is 0. The summed E-state index contributed by atoms with van der Waals surface area (Å²) in [6.07, 6.45) is 1.24. The van der Waals surface area contributed by atoms with Crippen LogP contribution in [0.2, 0.25) is 0 Å². The summed E-state index contributed by atoms with van der Waals surface area (Å²) in [4.78, 5) is 17.8. The number of halogens is 1. The number of carbonyl (C=O) groups excluding carboxylic acids is 1. The van der Waals surface area contributed by atoms with Gasteiger partial charge in [-0.05, 0) is 26.8 Å². The van der Waals surface area contributed by atoms with Gasteiger partial charge in [-0.3, -0.25) is 9.69 Å². The number of thiazole rings is 1. The Hall–Kier alpha value is -0.650. The summed E-state index contributed by atoms with van der Waals surface area (Å²) >= 11 is 1.51. The van der Waals surface area contributed by atoms with Crippen molar-refractivity contribution in [2.45, 2.75) is 26.7 Å². The molecule has 1 amide bonds. The van der Waals surface area contributed by atoms with E-state index >= 15 is 0 Å². The molecule has 0 aliphatic carbocycles. The van der Waals surface area contributed by atoms with Crippen molar-refractivity contribution >= 4 is 34.8 Å². The van der Waals surface area contributed by atoms with Gasteiger partial charge in [0.2, 0.25) is 5.91 Å². The van der Waals surface area contributed by atoms with Gasteiger partial charge in [0, 0.05) is 18.3 Å². The van der Waals surface area contributed by atoms with Gasteiger partial charge >= 0.3 is 0 Å². The second-order valence-electron chi connectivity index (χ2n) is 3.30. The number of nitrogens with two attached hydrogens (primary N) is 1. The molecule has 0 spiro atoms. The first kappa shape index (κ1) is 15.3. The van der Waals surface area contributed by atoms with Crippen LogP contribution >= 0.6 is 23.7 Å². The van der Waals surface area contributed by atoms with Gasteiger partial charge in [-0.1, -0.05) is 0 Å². The van der Waals surface area contributed by atoms with Crippen LogP contribution in [0, 0.1) is 6.92 Å². The molecular weight excluding hydrogens is 246 g/mol. The van der Waals surface area contributed by atoms with Gasteiger partial charge in [0.1, 0.15) is 0 Å². The molecule has 0 aromatic carbocycles. The minimum Gasteiger partial charge on any atom is -0.330 e. The Morgan fingerprint density at radius 3 is 2.75 bits per heavy atom. The fourth-order valence-electron chi connectivity index (χ4n) is 1.27. The average Bonchev–Trinajstić information content (AvgIpc) is 2.63. The van der Waals surface area contributed by atoms with Crippen LogP contribution in [0.1, 0.15) is 25.5 Å². The summed E-state index contributed by atoms with van der Waals surface area (Å²) in [5.41, 5.74) is 6.34. The van der Waals surface area contributed by atoms with Crippen LogP contribution in [0.4, 0.5) is 5.13 Å². The summed E-state index contributed by atoms with van der Waals surface area (Å²) < 4.78 is 0. The van der Waals surface area contributed by atoms with Crippen molar-refractivity contribution in [2.75, 3.05) is 18.0 Å². The third-order valence-electron chi connectivity index (χ3n) is 2.05. The average molecular weight is 264 g/mol. The number of amides is 1. The largest absolute Gasteiger partial charge is 0.330 e. The quantitative estimate of drug-likeness (QED) is 0.884. The first-order chi connectivity index (χ1) is 7.19. The molecule has 2 N–H and O–H groups in total. The van der Waals surface area contributed by atoms with Crippen LogP contribution in [0.15, 0.2) is 5.38 Å². The maximum atomic E-state index is 11.8. The zero-order valence-corrected chi connectivity index (χ0v) is 11.2.